The summed E-state index contributed by atoms with van der Waals surface area (Å²) in [6.45, 7) is 2.62. The van der Waals surface area contributed by atoms with E-state index in [9.17, 15) is 14.7 Å². The highest BCUT2D eigenvalue weighted by atomic mass is 16.6. The van der Waals surface area contributed by atoms with Gasteiger partial charge in [0.1, 0.15) is 13.3 Å². The van der Waals surface area contributed by atoms with Crippen LogP contribution in [0.25, 0.3) is 0 Å². The second kappa shape index (κ2) is 8.64. The van der Waals surface area contributed by atoms with Crippen LogP contribution in [0.2, 0.25) is 0 Å². The van der Waals surface area contributed by atoms with E-state index in [1.807, 2.05) is 24.6 Å². The minimum absolute atomic E-state index is 0.00772. The zero-order valence-electron chi connectivity index (χ0n) is 16.2. The average Bonchev–Trinajstić information content (AvgIpc) is 3.21. The van der Waals surface area contributed by atoms with Crippen molar-refractivity contribution in [2.24, 2.45) is 9.98 Å². The maximum absolute atomic E-state index is 12.6. The molecule has 10 nitrogen and oxygen atoms in total. The Morgan fingerprint density at radius 3 is 2.00 bits per heavy atom. The molecule has 0 spiro atoms. The lowest BCUT2D eigenvalue weighted by molar-refractivity contribution is 0.0443. The molecule has 0 aromatic rings. The van der Waals surface area contributed by atoms with Crippen molar-refractivity contribution >= 4 is 24.6 Å². The number of likely N-dealkylation sites (tertiary alicyclic amines) is 2. The number of aliphatic imine (C=N–C) groups is 2. The van der Waals surface area contributed by atoms with Gasteiger partial charge in [-0.1, -0.05) is 0 Å². The van der Waals surface area contributed by atoms with Gasteiger partial charge in [-0.15, -0.1) is 0 Å². The molecule has 0 aromatic heterocycles. The molecule has 4 rings (SSSR count). The molecule has 0 saturated carbocycles. The summed E-state index contributed by atoms with van der Waals surface area (Å²) >= 11 is 0. The second-order valence-electron chi connectivity index (χ2n) is 7.55. The Balaban J connectivity index is 1.41. The fraction of sp³-hybridized carbons (Fsp3) is 0.579. The Labute approximate surface area is 169 Å². The molecule has 4 heterocycles. The van der Waals surface area contributed by atoms with Gasteiger partial charge in [-0.2, -0.15) is 0 Å². The van der Waals surface area contributed by atoms with E-state index >= 15 is 0 Å². The van der Waals surface area contributed by atoms with Gasteiger partial charge in [0.25, 0.3) is 0 Å². The Morgan fingerprint density at radius 1 is 0.862 bits per heavy atom. The summed E-state index contributed by atoms with van der Waals surface area (Å²) in [6.07, 6.45) is 10.7. The molecule has 4 aliphatic heterocycles. The Bertz CT molecular complexity index is 751. The molecule has 0 aromatic carbocycles. The predicted octanol–water partition coefficient (Wildman–Crippen LogP) is 0.468. The molecule has 10 heteroatoms. The molecule has 2 fully saturated rings. The van der Waals surface area contributed by atoms with Crippen molar-refractivity contribution in [1.29, 1.82) is 0 Å². The van der Waals surface area contributed by atoms with Crippen LogP contribution >= 0.6 is 0 Å². The molecular formula is C19H26N6O4. The number of hydrogen-bond acceptors (Lipinski definition) is 8. The summed E-state index contributed by atoms with van der Waals surface area (Å²) < 4.78 is 5.08. The van der Waals surface area contributed by atoms with Gasteiger partial charge < -0.3 is 29.4 Å². The first-order chi connectivity index (χ1) is 14.1. The average molecular weight is 402 g/mol. The van der Waals surface area contributed by atoms with Crippen molar-refractivity contribution in [2.45, 2.75) is 31.0 Å². The second-order valence-corrected chi connectivity index (χ2v) is 7.55. The van der Waals surface area contributed by atoms with Crippen LogP contribution in [-0.2, 0) is 4.74 Å². The van der Waals surface area contributed by atoms with Crippen molar-refractivity contribution in [1.82, 2.24) is 19.6 Å². The number of rotatable bonds is 2. The van der Waals surface area contributed by atoms with E-state index in [0.29, 0.717) is 39.4 Å². The first-order valence-electron chi connectivity index (χ1n) is 9.90. The van der Waals surface area contributed by atoms with Gasteiger partial charge >= 0.3 is 12.2 Å². The quantitative estimate of drug-likeness (QED) is 0.674. The normalized spacial score (nSPS) is 28.9. The van der Waals surface area contributed by atoms with E-state index in [4.69, 9.17) is 4.74 Å². The molecule has 1 N–H and O–H groups in total. The van der Waals surface area contributed by atoms with Crippen molar-refractivity contribution in [3.05, 3.63) is 24.6 Å². The molecule has 2 saturated heterocycles. The number of ether oxygens (including phenoxy) is 1. The van der Waals surface area contributed by atoms with Crippen molar-refractivity contribution in [3.8, 4) is 0 Å². The fourth-order valence-corrected chi connectivity index (χ4v) is 4.14. The minimum Gasteiger partial charge on any atom is -0.391 e. The molecule has 3 unspecified atom stereocenters. The van der Waals surface area contributed by atoms with Gasteiger partial charge in [0.05, 0.1) is 18.2 Å². The first kappa shape index (κ1) is 19.4. The minimum atomic E-state index is -0.694. The summed E-state index contributed by atoms with van der Waals surface area (Å²) in [5.74, 6) is 0. The Kier molecular flexibility index (Phi) is 5.79. The van der Waals surface area contributed by atoms with Crippen molar-refractivity contribution in [2.75, 3.05) is 39.5 Å². The van der Waals surface area contributed by atoms with Gasteiger partial charge in [-0.3, -0.25) is 9.98 Å². The standard InChI is InChI=1S/C19H26N6O4/c26-15-3-9-22(11-15)18(27)29-19(28)23-10-4-16(24-7-1-5-20-13-24)17(12-23)25-8-2-6-21-14-25/h1-2,5-8,15-17,26H,3-4,9-14H2. The number of aliphatic hydroxyl groups excluding tert-OH is 1. The van der Waals surface area contributed by atoms with Crippen LogP contribution in [0.4, 0.5) is 9.59 Å². The summed E-state index contributed by atoms with van der Waals surface area (Å²) in [4.78, 5) is 40.7. The lowest BCUT2D eigenvalue weighted by Gasteiger charge is -2.47. The van der Waals surface area contributed by atoms with Crippen molar-refractivity contribution < 1.29 is 19.4 Å². The summed E-state index contributed by atoms with van der Waals surface area (Å²) in [6, 6.07) is 0.154. The monoisotopic (exact) mass is 402 g/mol. The van der Waals surface area contributed by atoms with Crippen LogP contribution in [-0.4, -0.2) is 107 Å². The summed E-state index contributed by atoms with van der Waals surface area (Å²) in [5, 5.41) is 9.58. The van der Waals surface area contributed by atoms with E-state index < -0.39 is 18.3 Å². The highest BCUT2D eigenvalue weighted by Gasteiger charge is 2.39. The lowest BCUT2D eigenvalue weighted by atomic mass is 9.96. The molecule has 0 aliphatic carbocycles. The van der Waals surface area contributed by atoms with Crippen molar-refractivity contribution in [3.63, 3.8) is 0 Å². The van der Waals surface area contributed by atoms with E-state index in [-0.39, 0.29) is 18.6 Å². The maximum Gasteiger partial charge on any atom is 0.418 e. The van der Waals surface area contributed by atoms with Crippen LogP contribution in [0.15, 0.2) is 34.5 Å². The maximum atomic E-state index is 12.6. The van der Waals surface area contributed by atoms with E-state index in [0.717, 1.165) is 6.42 Å². The molecule has 0 bridgehead atoms. The summed E-state index contributed by atoms with van der Waals surface area (Å²) in [7, 11) is 0. The number of amides is 2. The Hall–Kier alpha value is -2.88. The number of hydrogen-bond donors (Lipinski definition) is 1. The van der Waals surface area contributed by atoms with E-state index in [2.05, 4.69) is 19.8 Å². The van der Waals surface area contributed by atoms with Gasteiger partial charge in [-0.05, 0) is 25.0 Å². The zero-order chi connectivity index (χ0) is 20.2. The highest BCUT2D eigenvalue weighted by Crippen LogP contribution is 2.24. The van der Waals surface area contributed by atoms with Crippen LogP contribution in [0.3, 0.4) is 0 Å². The van der Waals surface area contributed by atoms with Gasteiger partial charge in [0.2, 0.25) is 0 Å². The third-order valence-electron chi connectivity index (χ3n) is 5.68. The van der Waals surface area contributed by atoms with Gasteiger partial charge in [0, 0.05) is 51.0 Å². The fourth-order valence-electron chi connectivity index (χ4n) is 4.14. The topological polar surface area (TPSA) is 101 Å². The number of β-amino-alcohol motifs (C(OH)–C–C–N with tert-alkyl or cyclic N) is 1. The van der Waals surface area contributed by atoms with E-state index in [1.54, 1.807) is 17.3 Å². The van der Waals surface area contributed by atoms with Crippen LogP contribution in [0.5, 0.6) is 0 Å². The van der Waals surface area contributed by atoms with Crippen LogP contribution in [0.1, 0.15) is 12.8 Å². The lowest BCUT2D eigenvalue weighted by Crippen LogP contribution is -2.60. The molecule has 29 heavy (non-hydrogen) atoms. The largest absolute Gasteiger partial charge is 0.418 e. The first-order valence-corrected chi connectivity index (χ1v) is 9.90. The van der Waals surface area contributed by atoms with Crippen LogP contribution in [0, 0.1) is 0 Å². The number of nitrogens with zero attached hydrogens (tertiary/aromatic N) is 6. The zero-order valence-corrected chi connectivity index (χ0v) is 16.2. The number of carbonyl (C=O) groups is 2. The van der Waals surface area contributed by atoms with Gasteiger partial charge in [-0.25, -0.2) is 9.59 Å². The third kappa shape index (κ3) is 4.42. The highest BCUT2D eigenvalue weighted by molar-refractivity contribution is 5.84. The molecular weight excluding hydrogens is 376 g/mol. The van der Waals surface area contributed by atoms with Crippen LogP contribution < -0.4 is 0 Å². The third-order valence-corrected chi connectivity index (χ3v) is 5.68. The summed E-state index contributed by atoms with van der Waals surface area (Å²) in [5.41, 5.74) is 0. The molecule has 2 amide bonds. The molecule has 0 radical (unpaired) electrons. The molecule has 156 valence electrons. The molecule has 4 aliphatic rings. The number of piperidine rings is 1. The number of aliphatic hydroxyl groups is 1. The predicted molar refractivity (Wildman–Crippen MR) is 107 cm³/mol. The number of allylic oxidation sites excluding steroid dienone is 2. The van der Waals surface area contributed by atoms with Gasteiger partial charge in [0.15, 0.2) is 0 Å². The van der Waals surface area contributed by atoms with E-state index in [1.165, 1.54) is 4.90 Å². The smallest absolute Gasteiger partial charge is 0.391 e. The number of carbonyl (C=O) groups excluding carboxylic acids is 2. The SMILES string of the molecule is O=C(OC(=O)N1CCC(N2C=CC=NC2)C(N2C=CC=NC2)C1)N1CCC(O)C1. The molecule has 3 atom stereocenters. The Morgan fingerprint density at radius 2 is 1.45 bits per heavy atom.